The first-order valence-electron chi connectivity index (χ1n) is 7.08. The summed E-state index contributed by atoms with van der Waals surface area (Å²) in [5.41, 5.74) is 2.81. The molecule has 5 heteroatoms. The van der Waals surface area contributed by atoms with Gasteiger partial charge in [0.05, 0.1) is 25.1 Å². The monoisotopic (exact) mass is 287 g/mol. The van der Waals surface area contributed by atoms with E-state index in [9.17, 15) is 4.39 Å². The van der Waals surface area contributed by atoms with E-state index in [1.807, 2.05) is 12.1 Å². The number of pyridine rings is 1. The highest BCUT2D eigenvalue weighted by Gasteiger charge is 2.14. The van der Waals surface area contributed by atoms with Gasteiger partial charge in [0.1, 0.15) is 0 Å². The number of nitrogens with zero attached hydrogens (tertiary/aromatic N) is 2. The fourth-order valence-electron chi connectivity index (χ4n) is 2.48. The summed E-state index contributed by atoms with van der Waals surface area (Å²) < 4.78 is 19.0. The number of anilines is 2. The Kier molecular flexibility index (Phi) is 4.31. The van der Waals surface area contributed by atoms with E-state index < -0.39 is 0 Å². The maximum absolute atomic E-state index is 13.6. The smallest absolute Gasteiger partial charge is 0.164 e. The second kappa shape index (κ2) is 6.54. The summed E-state index contributed by atoms with van der Waals surface area (Å²) in [6.45, 7) is 3.86. The average Bonchev–Trinajstić information content (AvgIpc) is 2.55. The van der Waals surface area contributed by atoms with Crippen molar-refractivity contribution < 1.29 is 9.13 Å². The number of benzene rings is 1. The lowest BCUT2D eigenvalue weighted by Crippen LogP contribution is -2.36. The van der Waals surface area contributed by atoms with Crippen molar-refractivity contribution in [3.8, 4) is 0 Å². The van der Waals surface area contributed by atoms with Crippen molar-refractivity contribution in [2.75, 3.05) is 36.5 Å². The van der Waals surface area contributed by atoms with Crippen LogP contribution in [0.2, 0.25) is 0 Å². The minimum absolute atomic E-state index is 0.332. The first kappa shape index (κ1) is 13.8. The first-order chi connectivity index (χ1) is 10.3. The van der Waals surface area contributed by atoms with Crippen LogP contribution in [0, 0.1) is 5.82 Å². The molecule has 0 spiro atoms. The molecule has 0 amide bonds. The van der Waals surface area contributed by atoms with Gasteiger partial charge in [-0.3, -0.25) is 4.98 Å². The van der Waals surface area contributed by atoms with E-state index in [0.29, 0.717) is 12.2 Å². The van der Waals surface area contributed by atoms with Crippen molar-refractivity contribution in [3.05, 3.63) is 54.1 Å². The van der Waals surface area contributed by atoms with Gasteiger partial charge in [-0.2, -0.15) is 0 Å². The SMILES string of the molecule is Fc1cnccc1NCc1ccccc1N1CCOCC1. The second-order valence-corrected chi connectivity index (χ2v) is 4.94. The number of nitrogens with one attached hydrogen (secondary N) is 1. The molecule has 0 atom stereocenters. The molecule has 2 aromatic rings. The van der Waals surface area contributed by atoms with Crippen LogP contribution in [0.4, 0.5) is 15.8 Å². The lowest BCUT2D eigenvalue weighted by atomic mass is 10.1. The standard InChI is InChI=1S/C16H18FN3O/c17-14-12-18-6-5-15(14)19-11-13-3-1-2-4-16(13)20-7-9-21-10-8-20/h1-6,12H,7-11H2,(H,18,19). The number of hydrogen-bond donors (Lipinski definition) is 1. The Bertz CT molecular complexity index is 600. The molecule has 0 saturated carbocycles. The molecular weight excluding hydrogens is 269 g/mol. The molecule has 21 heavy (non-hydrogen) atoms. The predicted octanol–water partition coefficient (Wildman–Crippen LogP) is 2.67. The van der Waals surface area contributed by atoms with Crippen LogP contribution < -0.4 is 10.2 Å². The molecule has 4 nitrogen and oxygen atoms in total. The van der Waals surface area contributed by atoms with E-state index in [1.165, 1.54) is 11.9 Å². The van der Waals surface area contributed by atoms with Crippen molar-refractivity contribution in [1.29, 1.82) is 0 Å². The highest BCUT2D eigenvalue weighted by Crippen LogP contribution is 2.23. The number of morpholine rings is 1. The Morgan fingerprint density at radius 1 is 1.19 bits per heavy atom. The van der Waals surface area contributed by atoms with Crippen molar-refractivity contribution in [2.24, 2.45) is 0 Å². The zero-order valence-corrected chi connectivity index (χ0v) is 11.8. The highest BCUT2D eigenvalue weighted by atomic mass is 19.1. The number of hydrogen-bond acceptors (Lipinski definition) is 4. The average molecular weight is 287 g/mol. The lowest BCUT2D eigenvalue weighted by molar-refractivity contribution is 0.122. The molecule has 1 aliphatic rings. The second-order valence-electron chi connectivity index (χ2n) is 4.94. The molecular formula is C16H18FN3O. The molecule has 0 bridgehead atoms. The van der Waals surface area contributed by atoms with Crippen molar-refractivity contribution >= 4 is 11.4 Å². The van der Waals surface area contributed by atoms with Crippen molar-refractivity contribution in [3.63, 3.8) is 0 Å². The summed E-state index contributed by atoms with van der Waals surface area (Å²) in [6.07, 6.45) is 2.80. The largest absolute Gasteiger partial charge is 0.378 e. The molecule has 1 N–H and O–H groups in total. The molecule has 2 heterocycles. The molecule has 1 aromatic heterocycles. The number of ether oxygens (including phenoxy) is 1. The summed E-state index contributed by atoms with van der Waals surface area (Å²) >= 11 is 0. The zero-order chi connectivity index (χ0) is 14.5. The van der Waals surface area contributed by atoms with Gasteiger partial charge in [0.25, 0.3) is 0 Å². The number of halogens is 1. The summed E-state index contributed by atoms with van der Waals surface area (Å²) in [5.74, 6) is -0.332. The number of para-hydroxylation sites is 1. The maximum Gasteiger partial charge on any atom is 0.164 e. The highest BCUT2D eigenvalue weighted by molar-refractivity contribution is 5.55. The minimum Gasteiger partial charge on any atom is -0.378 e. The van der Waals surface area contributed by atoms with Crippen LogP contribution in [0.1, 0.15) is 5.56 Å². The Hall–Kier alpha value is -2.14. The van der Waals surface area contributed by atoms with Gasteiger partial charge in [0, 0.05) is 31.5 Å². The Morgan fingerprint density at radius 2 is 2.00 bits per heavy atom. The molecule has 110 valence electrons. The summed E-state index contributed by atoms with van der Waals surface area (Å²) in [5, 5.41) is 3.14. The van der Waals surface area contributed by atoms with Gasteiger partial charge in [-0.05, 0) is 17.7 Å². The Labute approximate surface area is 123 Å². The van der Waals surface area contributed by atoms with E-state index in [4.69, 9.17) is 4.74 Å². The normalized spacial score (nSPS) is 15.0. The summed E-state index contributed by atoms with van der Waals surface area (Å²) in [4.78, 5) is 6.06. The summed E-state index contributed by atoms with van der Waals surface area (Å²) in [7, 11) is 0. The van der Waals surface area contributed by atoms with E-state index in [0.717, 1.165) is 31.9 Å². The van der Waals surface area contributed by atoms with Gasteiger partial charge in [0.2, 0.25) is 0 Å². The maximum atomic E-state index is 13.6. The van der Waals surface area contributed by atoms with Gasteiger partial charge in [-0.1, -0.05) is 18.2 Å². The van der Waals surface area contributed by atoms with E-state index in [2.05, 4.69) is 27.3 Å². The molecule has 1 saturated heterocycles. The molecule has 1 aromatic carbocycles. The Balaban J connectivity index is 1.74. The predicted molar refractivity (Wildman–Crippen MR) is 81.0 cm³/mol. The third-order valence-corrected chi connectivity index (χ3v) is 3.59. The molecule has 0 unspecified atom stereocenters. The topological polar surface area (TPSA) is 37.4 Å². The number of rotatable bonds is 4. The summed E-state index contributed by atoms with van der Waals surface area (Å²) in [6, 6.07) is 9.85. The third kappa shape index (κ3) is 3.31. The quantitative estimate of drug-likeness (QED) is 0.938. The van der Waals surface area contributed by atoms with Crippen LogP contribution in [-0.4, -0.2) is 31.3 Å². The molecule has 0 radical (unpaired) electrons. The first-order valence-corrected chi connectivity index (χ1v) is 7.08. The van der Waals surface area contributed by atoms with Gasteiger partial charge >= 0.3 is 0 Å². The molecule has 1 aliphatic heterocycles. The van der Waals surface area contributed by atoms with Crippen molar-refractivity contribution in [1.82, 2.24) is 4.98 Å². The fourth-order valence-corrected chi connectivity index (χ4v) is 2.48. The van der Waals surface area contributed by atoms with Crippen LogP contribution in [0.3, 0.4) is 0 Å². The van der Waals surface area contributed by atoms with Crippen LogP contribution in [0.5, 0.6) is 0 Å². The number of aromatic nitrogens is 1. The van der Waals surface area contributed by atoms with Gasteiger partial charge in [-0.25, -0.2) is 4.39 Å². The van der Waals surface area contributed by atoms with Crippen molar-refractivity contribution in [2.45, 2.75) is 6.54 Å². The molecule has 0 aliphatic carbocycles. The van der Waals surface area contributed by atoms with Gasteiger partial charge < -0.3 is 15.0 Å². The van der Waals surface area contributed by atoms with Crippen LogP contribution in [0.25, 0.3) is 0 Å². The third-order valence-electron chi connectivity index (χ3n) is 3.59. The van der Waals surface area contributed by atoms with Gasteiger partial charge in [-0.15, -0.1) is 0 Å². The Morgan fingerprint density at radius 3 is 2.81 bits per heavy atom. The van der Waals surface area contributed by atoms with Crippen LogP contribution >= 0.6 is 0 Å². The van der Waals surface area contributed by atoms with Crippen LogP contribution in [0.15, 0.2) is 42.7 Å². The van der Waals surface area contributed by atoms with E-state index >= 15 is 0 Å². The van der Waals surface area contributed by atoms with E-state index in [-0.39, 0.29) is 5.82 Å². The molecule has 3 rings (SSSR count). The lowest BCUT2D eigenvalue weighted by Gasteiger charge is -2.30. The van der Waals surface area contributed by atoms with Crippen LogP contribution in [-0.2, 0) is 11.3 Å². The van der Waals surface area contributed by atoms with Gasteiger partial charge in [0.15, 0.2) is 5.82 Å². The molecule has 1 fully saturated rings. The van der Waals surface area contributed by atoms with E-state index in [1.54, 1.807) is 12.3 Å². The zero-order valence-electron chi connectivity index (χ0n) is 11.8. The fraction of sp³-hybridized carbons (Fsp3) is 0.312. The minimum atomic E-state index is -0.332.